The Kier molecular flexibility index (Phi) is 2.85. The van der Waals surface area contributed by atoms with Crippen LogP contribution in [0.25, 0.3) is 0 Å². The molecule has 1 fully saturated rings. The Bertz CT molecular complexity index is 683. The van der Waals surface area contributed by atoms with Crippen molar-refractivity contribution in [3.63, 3.8) is 0 Å². The minimum Gasteiger partial charge on any atom is -0.481 e. The van der Waals surface area contributed by atoms with Crippen LogP contribution in [0.15, 0.2) is 30.4 Å². The number of anilines is 1. The summed E-state index contributed by atoms with van der Waals surface area (Å²) in [7, 11) is 0. The number of rotatable bonds is 3. The number of nitrogens with one attached hydrogen (secondary N) is 1. The number of hydrogen-bond donors (Lipinski definition) is 2. The van der Waals surface area contributed by atoms with Crippen molar-refractivity contribution in [1.82, 2.24) is 0 Å². The van der Waals surface area contributed by atoms with E-state index in [4.69, 9.17) is 9.47 Å². The molecule has 2 aliphatic carbocycles. The molecule has 2 bridgehead atoms. The third kappa shape index (κ3) is 1.94. The zero-order valence-electron chi connectivity index (χ0n) is 11.7. The number of hydrogen-bond acceptors (Lipinski definition) is 4. The fraction of sp³-hybridized carbons (Fsp3) is 0.375. The van der Waals surface area contributed by atoms with Crippen LogP contribution in [0.2, 0.25) is 0 Å². The summed E-state index contributed by atoms with van der Waals surface area (Å²) in [5.74, 6) is -1.09. The number of carboxylic acid groups (broad SMARTS) is 1. The molecule has 22 heavy (non-hydrogen) atoms. The summed E-state index contributed by atoms with van der Waals surface area (Å²) < 4.78 is 10.5. The number of carboxylic acids is 1. The fourth-order valence-corrected chi connectivity index (χ4v) is 3.72. The second-order valence-corrected chi connectivity index (χ2v) is 5.90. The van der Waals surface area contributed by atoms with Gasteiger partial charge in [0.1, 0.15) is 0 Å². The van der Waals surface area contributed by atoms with Crippen LogP contribution in [0, 0.1) is 23.7 Å². The standard InChI is InChI=1S/C16H15NO5/c18-15(13-8-1-2-9(5-8)14(13)16(19)20)17-10-3-4-11-12(6-10)22-7-21-11/h1-4,6,8-9,13-14H,5,7H2,(H,17,18)(H,19,20). The van der Waals surface area contributed by atoms with Gasteiger partial charge in [-0.3, -0.25) is 9.59 Å². The third-order valence-electron chi connectivity index (χ3n) is 4.69. The number of carbonyl (C=O) groups excluding carboxylic acids is 1. The maximum absolute atomic E-state index is 12.5. The van der Waals surface area contributed by atoms with Crippen molar-refractivity contribution >= 4 is 17.6 Å². The van der Waals surface area contributed by atoms with Crippen molar-refractivity contribution in [2.45, 2.75) is 6.42 Å². The summed E-state index contributed by atoms with van der Waals surface area (Å²) in [5.41, 5.74) is 0.588. The molecule has 4 atom stereocenters. The van der Waals surface area contributed by atoms with Gasteiger partial charge in [0.05, 0.1) is 11.8 Å². The van der Waals surface area contributed by atoms with E-state index in [-0.39, 0.29) is 24.5 Å². The van der Waals surface area contributed by atoms with Crippen molar-refractivity contribution in [1.29, 1.82) is 0 Å². The first-order valence-corrected chi connectivity index (χ1v) is 7.25. The molecule has 1 saturated carbocycles. The Morgan fingerprint density at radius 2 is 1.82 bits per heavy atom. The van der Waals surface area contributed by atoms with Gasteiger partial charge < -0.3 is 19.9 Å². The highest BCUT2D eigenvalue weighted by Crippen LogP contribution is 2.48. The topological polar surface area (TPSA) is 84.9 Å². The van der Waals surface area contributed by atoms with Crippen molar-refractivity contribution in [2.75, 3.05) is 12.1 Å². The molecular formula is C16H15NO5. The van der Waals surface area contributed by atoms with Crippen molar-refractivity contribution in [3.05, 3.63) is 30.4 Å². The lowest BCUT2D eigenvalue weighted by Gasteiger charge is -2.23. The van der Waals surface area contributed by atoms with Crippen LogP contribution in [0.4, 0.5) is 5.69 Å². The van der Waals surface area contributed by atoms with Gasteiger partial charge in [0.25, 0.3) is 0 Å². The lowest BCUT2D eigenvalue weighted by molar-refractivity contribution is -0.146. The van der Waals surface area contributed by atoms with E-state index in [1.54, 1.807) is 18.2 Å². The molecule has 2 N–H and O–H groups in total. The summed E-state index contributed by atoms with van der Waals surface area (Å²) in [6.45, 7) is 0.172. The predicted molar refractivity (Wildman–Crippen MR) is 76.5 cm³/mol. The highest BCUT2D eigenvalue weighted by atomic mass is 16.7. The van der Waals surface area contributed by atoms with E-state index in [0.29, 0.717) is 17.2 Å². The molecule has 1 aromatic carbocycles. The van der Waals surface area contributed by atoms with E-state index in [2.05, 4.69) is 5.32 Å². The zero-order valence-corrected chi connectivity index (χ0v) is 11.7. The molecule has 1 aliphatic heterocycles. The maximum Gasteiger partial charge on any atom is 0.307 e. The summed E-state index contributed by atoms with van der Waals surface area (Å²) in [5, 5.41) is 12.2. The molecule has 4 rings (SSSR count). The molecule has 6 nitrogen and oxygen atoms in total. The van der Waals surface area contributed by atoms with Gasteiger partial charge in [-0.05, 0) is 30.4 Å². The number of amides is 1. The van der Waals surface area contributed by atoms with Gasteiger partial charge in [0.15, 0.2) is 11.5 Å². The highest BCUT2D eigenvalue weighted by molar-refractivity contribution is 5.96. The second-order valence-electron chi connectivity index (χ2n) is 5.90. The average molecular weight is 301 g/mol. The molecular weight excluding hydrogens is 286 g/mol. The number of aliphatic carboxylic acids is 1. The minimum atomic E-state index is -0.900. The van der Waals surface area contributed by atoms with Crippen LogP contribution < -0.4 is 14.8 Å². The maximum atomic E-state index is 12.5. The number of benzene rings is 1. The van der Waals surface area contributed by atoms with Crippen LogP contribution >= 0.6 is 0 Å². The first kappa shape index (κ1) is 13.2. The molecule has 114 valence electrons. The third-order valence-corrected chi connectivity index (χ3v) is 4.69. The summed E-state index contributed by atoms with van der Waals surface area (Å²) in [4.78, 5) is 24.0. The lowest BCUT2D eigenvalue weighted by atomic mass is 9.82. The van der Waals surface area contributed by atoms with Crippen LogP contribution in [0.5, 0.6) is 11.5 Å². The van der Waals surface area contributed by atoms with Gasteiger partial charge in [-0.2, -0.15) is 0 Å². The van der Waals surface area contributed by atoms with Crippen molar-refractivity contribution < 1.29 is 24.2 Å². The number of fused-ring (bicyclic) bond motifs is 3. The Morgan fingerprint density at radius 3 is 2.59 bits per heavy atom. The molecule has 1 amide bonds. The van der Waals surface area contributed by atoms with Gasteiger partial charge in [0.2, 0.25) is 12.7 Å². The van der Waals surface area contributed by atoms with E-state index < -0.39 is 17.8 Å². The van der Waals surface area contributed by atoms with E-state index in [0.717, 1.165) is 6.42 Å². The van der Waals surface area contributed by atoms with Gasteiger partial charge >= 0.3 is 5.97 Å². The van der Waals surface area contributed by atoms with E-state index >= 15 is 0 Å². The van der Waals surface area contributed by atoms with Crippen molar-refractivity contribution in [3.8, 4) is 11.5 Å². The smallest absolute Gasteiger partial charge is 0.307 e. The van der Waals surface area contributed by atoms with Crippen LogP contribution in [-0.4, -0.2) is 23.8 Å². The molecule has 0 saturated heterocycles. The summed E-state index contributed by atoms with van der Waals surface area (Å²) in [6.07, 6.45) is 4.64. The van der Waals surface area contributed by atoms with E-state index in [1.165, 1.54) is 0 Å². The first-order valence-electron chi connectivity index (χ1n) is 7.25. The Balaban J connectivity index is 1.55. The Labute approximate surface area is 126 Å². The molecule has 0 aromatic heterocycles. The number of allylic oxidation sites excluding steroid dienone is 2. The molecule has 0 spiro atoms. The van der Waals surface area contributed by atoms with Crippen LogP contribution in [0.1, 0.15) is 6.42 Å². The quantitative estimate of drug-likeness (QED) is 0.833. The fourth-order valence-electron chi connectivity index (χ4n) is 3.72. The molecule has 1 heterocycles. The largest absolute Gasteiger partial charge is 0.481 e. The number of carbonyl (C=O) groups is 2. The average Bonchev–Trinajstić information content (AvgIpc) is 3.20. The van der Waals surface area contributed by atoms with Gasteiger partial charge in [-0.1, -0.05) is 12.2 Å². The molecule has 3 aliphatic rings. The first-order chi connectivity index (χ1) is 10.6. The van der Waals surface area contributed by atoms with Gasteiger partial charge in [-0.25, -0.2) is 0 Å². The van der Waals surface area contributed by atoms with Gasteiger partial charge in [0, 0.05) is 11.8 Å². The second kappa shape index (κ2) is 4.76. The summed E-state index contributed by atoms with van der Waals surface area (Å²) >= 11 is 0. The molecule has 1 aromatic rings. The highest BCUT2D eigenvalue weighted by Gasteiger charge is 2.51. The minimum absolute atomic E-state index is 0.0140. The van der Waals surface area contributed by atoms with Crippen molar-refractivity contribution in [2.24, 2.45) is 23.7 Å². The van der Waals surface area contributed by atoms with E-state index in [9.17, 15) is 14.7 Å². The molecule has 0 radical (unpaired) electrons. The zero-order chi connectivity index (χ0) is 15.3. The van der Waals surface area contributed by atoms with Crippen LogP contribution in [-0.2, 0) is 9.59 Å². The Morgan fingerprint density at radius 1 is 1.09 bits per heavy atom. The van der Waals surface area contributed by atoms with Crippen LogP contribution in [0.3, 0.4) is 0 Å². The lowest BCUT2D eigenvalue weighted by Crippen LogP contribution is -2.36. The summed E-state index contributed by atoms with van der Waals surface area (Å²) in [6, 6.07) is 5.15. The Hall–Kier alpha value is -2.50. The SMILES string of the molecule is O=C(O)C1C2C=CC(C2)C1C(=O)Nc1ccc2c(c1)OCO2. The monoisotopic (exact) mass is 301 g/mol. The van der Waals surface area contributed by atoms with E-state index in [1.807, 2.05) is 12.2 Å². The predicted octanol–water partition coefficient (Wildman–Crippen LogP) is 1.88. The normalized spacial score (nSPS) is 30.5. The van der Waals surface area contributed by atoms with Gasteiger partial charge in [-0.15, -0.1) is 0 Å². The molecule has 6 heteroatoms. The molecule has 4 unspecified atom stereocenters. The number of ether oxygens (including phenoxy) is 2.